The SMILES string of the molecule is COc1ccc(CN=CC2=C(O)CCCC2=O)cc1. The molecule has 0 radical (unpaired) electrons. The Morgan fingerprint density at radius 2 is 2.05 bits per heavy atom. The smallest absolute Gasteiger partial charge is 0.167 e. The number of aliphatic imine (C=N–C) groups is 1. The number of aliphatic hydroxyl groups excluding tert-OH is 1. The lowest BCUT2D eigenvalue weighted by molar-refractivity contribution is -0.115. The molecule has 1 aromatic carbocycles. The molecule has 2 rings (SSSR count). The average molecular weight is 259 g/mol. The second kappa shape index (κ2) is 6.18. The molecular formula is C15H17NO3. The molecule has 1 aliphatic rings. The van der Waals surface area contributed by atoms with Crippen LogP contribution in [0.4, 0.5) is 0 Å². The molecule has 1 aromatic rings. The molecule has 0 atom stereocenters. The van der Waals surface area contributed by atoms with Crippen molar-refractivity contribution in [1.29, 1.82) is 0 Å². The van der Waals surface area contributed by atoms with Crippen LogP contribution < -0.4 is 4.74 Å². The van der Waals surface area contributed by atoms with Crippen molar-refractivity contribution in [2.45, 2.75) is 25.8 Å². The first-order valence-corrected chi connectivity index (χ1v) is 6.29. The summed E-state index contributed by atoms with van der Waals surface area (Å²) in [6.45, 7) is 0.480. The molecule has 0 amide bonds. The average Bonchev–Trinajstić information content (AvgIpc) is 2.43. The van der Waals surface area contributed by atoms with E-state index in [0.717, 1.165) is 17.7 Å². The van der Waals surface area contributed by atoms with Crippen LogP contribution in [0.2, 0.25) is 0 Å². The van der Waals surface area contributed by atoms with E-state index in [4.69, 9.17) is 4.74 Å². The summed E-state index contributed by atoms with van der Waals surface area (Å²) >= 11 is 0. The van der Waals surface area contributed by atoms with Gasteiger partial charge in [-0.15, -0.1) is 0 Å². The first-order valence-electron chi connectivity index (χ1n) is 6.29. The fourth-order valence-electron chi connectivity index (χ4n) is 1.97. The number of methoxy groups -OCH3 is 1. The highest BCUT2D eigenvalue weighted by atomic mass is 16.5. The third-order valence-electron chi connectivity index (χ3n) is 3.08. The normalized spacial score (nSPS) is 16.2. The predicted molar refractivity (Wildman–Crippen MR) is 73.7 cm³/mol. The molecule has 0 bridgehead atoms. The lowest BCUT2D eigenvalue weighted by atomic mass is 9.97. The van der Waals surface area contributed by atoms with Crippen LogP contribution in [0, 0.1) is 0 Å². The summed E-state index contributed by atoms with van der Waals surface area (Å²) in [4.78, 5) is 15.8. The maximum atomic E-state index is 11.6. The molecule has 1 N–H and O–H groups in total. The minimum atomic E-state index is -0.0257. The summed E-state index contributed by atoms with van der Waals surface area (Å²) in [5, 5.41) is 9.66. The number of hydrogen-bond donors (Lipinski definition) is 1. The van der Waals surface area contributed by atoms with Gasteiger partial charge in [-0.25, -0.2) is 0 Å². The summed E-state index contributed by atoms with van der Waals surface area (Å²) in [7, 11) is 1.62. The van der Waals surface area contributed by atoms with Crippen molar-refractivity contribution in [3.05, 3.63) is 41.2 Å². The van der Waals surface area contributed by atoms with E-state index < -0.39 is 0 Å². The molecule has 1 aliphatic carbocycles. The molecule has 0 aliphatic heterocycles. The van der Waals surface area contributed by atoms with Crippen LogP contribution >= 0.6 is 0 Å². The van der Waals surface area contributed by atoms with E-state index in [-0.39, 0.29) is 11.5 Å². The van der Waals surface area contributed by atoms with Gasteiger partial charge in [-0.1, -0.05) is 12.1 Å². The van der Waals surface area contributed by atoms with Gasteiger partial charge in [-0.3, -0.25) is 9.79 Å². The van der Waals surface area contributed by atoms with Crippen LogP contribution in [0.15, 0.2) is 40.6 Å². The van der Waals surface area contributed by atoms with Crippen molar-refractivity contribution >= 4 is 12.0 Å². The van der Waals surface area contributed by atoms with Crippen LogP contribution in [0.1, 0.15) is 24.8 Å². The van der Waals surface area contributed by atoms with Gasteiger partial charge in [-0.2, -0.15) is 0 Å². The van der Waals surface area contributed by atoms with E-state index >= 15 is 0 Å². The number of ketones is 1. The molecule has 0 aromatic heterocycles. The van der Waals surface area contributed by atoms with Gasteiger partial charge < -0.3 is 9.84 Å². The maximum absolute atomic E-state index is 11.6. The van der Waals surface area contributed by atoms with E-state index in [2.05, 4.69) is 4.99 Å². The number of aliphatic hydroxyl groups is 1. The number of nitrogens with zero attached hydrogens (tertiary/aromatic N) is 1. The van der Waals surface area contributed by atoms with Gasteiger partial charge in [-0.05, 0) is 24.1 Å². The summed E-state index contributed by atoms with van der Waals surface area (Å²) in [6.07, 6.45) is 3.27. The van der Waals surface area contributed by atoms with E-state index in [1.54, 1.807) is 7.11 Å². The molecule has 0 fully saturated rings. The van der Waals surface area contributed by atoms with E-state index in [1.165, 1.54) is 6.21 Å². The van der Waals surface area contributed by atoms with Crippen molar-refractivity contribution in [3.63, 3.8) is 0 Å². The van der Waals surface area contributed by atoms with Gasteiger partial charge in [0.15, 0.2) is 5.78 Å². The quantitative estimate of drug-likeness (QED) is 0.846. The number of carbonyl (C=O) groups excluding carboxylic acids is 1. The highest BCUT2D eigenvalue weighted by Crippen LogP contribution is 2.18. The molecule has 0 saturated carbocycles. The molecule has 4 heteroatoms. The Kier molecular flexibility index (Phi) is 4.34. The Morgan fingerprint density at radius 3 is 2.68 bits per heavy atom. The Labute approximate surface area is 112 Å². The number of carbonyl (C=O) groups is 1. The number of allylic oxidation sites excluding steroid dienone is 2. The Hall–Kier alpha value is -2.10. The highest BCUT2D eigenvalue weighted by molar-refractivity contribution is 6.14. The van der Waals surface area contributed by atoms with Crippen molar-refractivity contribution in [2.75, 3.05) is 7.11 Å². The standard InChI is InChI=1S/C15H17NO3/c1-19-12-7-5-11(6-8-12)9-16-10-13-14(17)3-2-4-15(13)18/h5-8,10,17H,2-4,9H2,1H3. The lowest BCUT2D eigenvalue weighted by Gasteiger charge is -2.11. The summed E-state index contributed by atoms with van der Waals surface area (Å²) in [6, 6.07) is 7.58. The molecule has 0 saturated heterocycles. The second-order valence-electron chi connectivity index (χ2n) is 4.45. The number of Topliss-reactive ketones (excluding diaryl/α,β-unsaturated/α-hetero) is 1. The molecule has 0 spiro atoms. The molecular weight excluding hydrogens is 242 g/mol. The first kappa shape index (κ1) is 13.3. The van der Waals surface area contributed by atoms with Gasteiger partial charge in [0.05, 0.1) is 19.2 Å². The zero-order chi connectivity index (χ0) is 13.7. The van der Waals surface area contributed by atoms with Gasteiger partial charge in [0.25, 0.3) is 0 Å². The Bertz CT molecular complexity index is 515. The van der Waals surface area contributed by atoms with Crippen LogP contribution in [-0.4, -0.2) is 24.2 Å². The fourth-order valence-corrected chi connectivity index (χ4v) is 1.97. The van der Waals surface area contributed by atoms with Crippen molar-refractivity contribution < 1.29 is 14.6 Å². The van der Waals surface area contributed by atoms with Crippen LogP contribution in [0.25, 0.3) is 0 Å². The zero-order valence-corrected chi connectivity index (χ0v) is 10.9. The van der Waals surface area contributed by atoms with Crippen LogP contribution in [0.5, 0.6) is 5.75 Å². The minimum absolute atomic E-state index is 0.0257. The summed E-state index contributed by atoms with van der Waals surface area (Å²) in [5.41, 5.74) is 1.39. The van der Waals surface area contributed by atoms with Crippen molar-refractivity contribution in [2.24, 2.45) is 4.99 Å². The van der Waals surface area contributed by atoms with Crippen molar-refractivity contribution in [3.8, 4) is 5.75 Å². The Morgan fingerprint density at radius 1 is 1.32 bits per heavy atom. The lowest BCUT2D eigenvalue weighted by Crippen LogP contribution is -2.12. The van der Waals surface area contributed by atoms with Crippen molar-refractivity contribution in [1.82, 2.24) is 0 Å². The minimum Gasteiger partial charge on any atom is -0.512 e. The second-order valence-corrected chi connectivity index (χ2v) is 4.45. The van der Waals surface area contributed by atoms with Gasteiger partial charge in [0, 0.05) is 19.1 Å². The van der Waals surface area contributed by atoms with Crippen LogP contribution in [-0.2, 0) is 11.3 Å². The third-order valence-corrected chi connectivity index (χ3v) is 3.08. The molecule has 0 unspecified atom stereocenters. The van der Waals surface area contributed by atoms with E-state index in [9.17, 15) is 9.90 Å². The third kappa shape index (κ3) is 3.44. The number of ether oxygens (including phenoxy) is 1. The topological polar surface area (TPSA) is 58.9 Å². The molecule has 0 heterocycles. The zero-order valence-electron chi connectivity index (χ0n) is 10.9. The van der Waals surface area contributed by atoms with Gasteiger partial charge >= 0.3 is 0 Å². The maximum Gasteiger partial charge on any atom is 0.167 e. The van der Waals surface area contributed by atoms with Gasteiger partial charge in [0.2, 0.25) is 0 Å². The predicted octanol–water partition coefficient (Wildman–Crippen LogP) is 2.83. The van der Waals surface area contributed by atoms with E-state index in [0.29, 0.717) is 25.0 Å². The molecule has 100 valence electrons. The fraction of sp³-hybridized carbons (Fsp3) is 0.333. The summed E-state index contributed by atoms with van der Waals surface area (Å²) < 4.78 is 5.07. The molecule has 19 heavy (non-hydrogen) atoms. The molecule has 4 nitrogen and oxygen atoms in total. The summed E-state index contributed by atoms with van der Waals surface area (Å²) in [5.74, 6) is 0.938. The number of rotatable bonds is 4. The number of benzene rings is 1. The Balaban J connectivity index is 2.01. The number of hydrogen-bond acceptors (Lipinski definition) is 4. The highest BCUT2D eigenvalue weighted by Gasteiger charge is 2.18. The first-order chi connectivity index (χ1) is 9.20. The van der Waals surface area contributed by atoms with Crippen LogP contribution in [0.3, 0.4) is 0 Å². The van der Waals surface area contributed by atoms with E-state index in [1.807, 2.05) is 24.3 Å². The monoisotopic (exact) mass is 259 g/mol. The largest absolute Gasteiger partial charge is 0.512 e. The van der Waals surface area contributed by atoms with Gasteiger partial charge in [0.1, 0.15) is 11.5 Å².